The van der Waals surface area contributed by atoms with Gasteiger partial charge in [-0.25, -0.2) is 4.39 Å². The minimum Gasteiger partial charge on any atom is -0.381 e. The van der Waals surface area contributed by atoms with Crippen LogP contribution in [0.4, 0.5) is 4.39 Å². The highest BCUT2D eigenvalue weighted by atomic mass is 79.9. The summed E-state index contributed by atoms with van der Waals surface area (Å²) < 4.78 is 26.4. The third-order valence-corrected chi connectivity index (χ3v) is 4.78. The van der Waals surface area contributed by atoms with Gasteiger partial charge in [-0.3, -0.25) is 0 Å². The first-order valence-corrected chi connectivity index (χ1v) is 8.24. The number of hydrogen-bond donors (Lipinski definition) is 1. The van der Waals surface area contributed by atoms with Gasteiger partial charge in [0.25, 0.3) is 0 Å². The Hall–Kier alpha value is -0.490. The minimum atomic E-state index is -0.422. The summed E-state index contributed by atoms with van der Waals surface area (Å²) in [4.78, 5) is 0. The van der Waals surface area contributed by atoms with Crippen molar-refractivity contribution in [2.75, 3.05) is 26.9 Å². The van der Waals surface area contributed by atoms with E-state index in [0.717, 1.165) is 25.8 Å². The van der Waals surface area contributed by atoms with E-state index in [1.807, 2.05) is 12.1 Å². The van der Waals surface area contributed by atoms with Gasteiger partial charge in [-0.05, 0) is 35.0 Å². The van der Waals surface area contributed by atoms with Crippen molar-refractivity contribution in [3.63, 3.8) is 0 Å². The molecule has 2 rings (SSSR count). The Morgan fingerprint density at radius 1 is 1.43 bits per heavy atom. The van der Waals surface area contributed by atoms with Crippen molar-refractivity contribution >= 4 is 15.9 Å². The van der Waals surface area contributed by atoms with E-state index in [2.05, 4.69) is 28.2 Å². The molecular weight excluding hydrogens is 337 g/mol. The Bertz CT molecular complexity index is 464. The first kappa shape index (κ1) is 16.9. The van der Waals surface area contributed by atoms with Gasteiger partial charge in [-0.1, -0.05) is 19.1 Å². The zero-order valence-corrected chi connectivity index (χ0v) is 14.2. The van der Waals surface area contributed by atoms with Crippen molar-refractivity contribution < 1.29 is 13.9 Å². The molecule has 1 atom stereocenters. The lowest BCUT2D eigenvalue weighted by atomic mass is 9.81. The summed E-state index contributed by atoms with van der Waals surface area (Å²) in [5, 5.41) is 3.47. The maximum Gasteiger partial charge on any atom is 0.142 e. The monoisotopic (exact) mass is 359 g/mol. The summed E-state index contributed by atoms with van der Waals surface area (Å²) >= 11 is 3.28. The SMILES string of the molecule is CCCNC(c1cccc(Br)c1F)C1(OC)CCOCC1. The Balaban J connectivity index is 2.38. The number of rotatable bonds is 6. The van der Waals surface area contributed by atoms with E-state index < -0.39 is 5.60 Å². The molecule has 1 aliphatic heterocycles. The van der Waals surface area contributed by atoms with Crippen LogP contribution >= 0.6 is 15.9 Å². The van der Waals surface area contributed by atoms with E-state index in [1.54, 1.807) is 13.2 Å². The van der Waals surface area contributed by atoms with Crippen LogP contribution in [0, 0.1) is 5.82 Å². The third-order valence-electron chi connectivity index (χ3n) is 4.16. The zero-order valence-electron chi connectivity index (χ0n) is 12.6. The van der Waals surface area contributed by atoms with Crippen LogP contribution in [0.5, 0.6) is 0 Å². The van der Waals surface area contributed by atoms with Gasteiger partial charge in [0.05, 0.1) is 16.1 Å². The molecule has 3 nitrogen and oxygen atoms in total. The van der Waals surface area contributed by atoms with Crippen molar-refractivity contribution in [1.82, 2.24) is 5.32 Å². The van der Waals surface area contributed by atoms with Crippen LogP contribution in [0.15, 0.2) is 22.7 Å². The minimum absolute atomic E-state index is 0.177. The highest BCUT2D eigenvalue weighted by Gasteiger charge is 2.42. The van der Waals surface area contributed by atoms with Gasteiger partial charge in [-0.15, -0.1) is 0 Å². The largest absolute Gasteiger partial charge is 0.381 e. The lowest BCUT2D eigenvalue weighted by Crippen LogP contribution is -2.49. The van der Waals surface area contributed by atoms with Crippen LogP contribution in [0.1, 0.15) is 37.8 Å². The summed E-state index contributed by atoms with van der Waals surface area (Å²) in [5.41, 5.74) is 0.233. The predicted molar refractivity (Wildman–Crippen MR) is 84.9 cm³/mol. The summed E-state index contributed by atoms with van der Waals surface area (Å²) in [6.45, 7) is 4.22. The first-order valence-electron chi connectivity index (χ1n) is 7.45. The van der Waals surface area contributed by atoms with Gasteiger partial charge >= 0.3 is 0 Å². The normalized spacial score (nSPS) is 19.4. The van der Waals surface area contributed by atoms with Gasteiger partial charge < -0.3 is 14.8 Å². The van der Waals surface area contributed by atoms with E-state index in [4.69, 9.17) is 9.47 Å². The van der Waals surface area contributed by atoms with Gasteiger partial charge in [0, 0.05) is 38.7 Å². The fourth-order valence-electron chi connectivity index (χ4n) is 2.94. The Morgan fingerprint density at radius 2 is 2.14 bits per heavy atom. The molecule has 0 amide bonds. The molecular formula is C16H23BrFNO2. The molecule has 1 aliphatic rings. The maximum atomic E-state index is 14.6. The molecule has 0 aliphatic carbocycles. The summed E-state index contributed by atoms with van der Waals surface area (Å²) in [5.74, 6) is -0.214. The molecule has 5 heteroatoms. The van der Waals surface area contributed by atoms with Crippen molar-refractivity contribution in [3.05, 3.63) is 34.1 Å². The number of benzene rings is 1. The molecule has 0 spiro atoms. The lowest BCUT2D eigenvalue weighted by Gasteiger charge is -2.43. The Labute approximate surface area is 134 Å². The molecule has 1 fully saturated rings. The quantitative estimate of drug-likeness (QED) is 0.837. The topological polar surface area (TPSA) is 30.5 Å². The van der Waals surface area contributed by atoms with Crippen LogP contribution in [-0.2, 0) is 9.47 Å². The van der Waals surface area contributed by atoms with E-state index in [0.29, 0.717) is 23.2 Å². The summed E-state index contributed by atoms with van der Waals surface area (Å²) in [6, 6.07) is 5.25. The molecule has 1 saturated heterocycles. The highest BCUT2D eigenvalue weighted by molar-refractivity contribution is 9.10. The molecule has 0 aromatic heterocycles. The fourth-order valence-corrected chi connectivity index (χ4v) is 3.32. The van der Waals surface area contributed by atoms with Gasteiger partial charge in [-0.2, -0.15) is 0 Å². The van der Waals surface area contributed by atoms with Gasteiger partial charge in [0.2, 0.25) is 0 Å². The molecule has 0 radical (unpaired) electrons. The second-order valence-electron chi connectivity index (χ2n) is 5.41. The second kappa shape index (κ2) is 7.68. The van der Waals surface area contributed by atoms with E-state index in [1.165, 1.54) is 0 Å². The maximum absolute atomic E-state index is 14.6. The third kappa shape index (κ3) is 3.65. The molecule has 1 heterocycles. The van der Waals surface area contributed by atoms with Crippen LogP contribution < -0.4 is 5.32 Å². The molecule has 118 valence electrons. The van der Waals surface area contributed by atoms with Crippen LogP contribution in [0.3, 0.4) is 0 Å². The van der Waals surface area contributed by atoms with Crippen molar-refractivity contribution in [3.8, 4) is 0 Å². The molecule has 21 heavy (non-hydrogen) atoms. The number of hydrogen-bond acceptors (Lipinski definition) is 3. The Morgan fingerprint density at radius 3 is 2.76 bits per heavy atom. The molecule has 1 aromatic rings. The standard InChI is InChI=1S/C16H23BrFNO2/c1-3-9-19-15(12-5-4-6-13(17)14(12)18)16(20-2)7-10-21-11-8-16/h4-6,15,19H,3,7-11H2,1-2H3. The highest BCUT2D eigenvalue weighted by Crippen LogP contribution is 2.39. The second-order valence-corrected chi connectivity index (χ2v) is 6.27. The molecule has 1 N–H and O–H groups in total. The number of halogens is 2. The number of methoxy groups -OCH3 is 1. The van der Waals surface area contributed by atoms with Gasteiger partial charge in [0.1, 0.15) is 5.82 Å². The van der Waals surface area contributed by atoms with Crippen molar-refractivity contribution in [1.29, 1.82) is 0 Å². The van der Waals surface area contributed by atoms with Crippen LogP contribution in [-0.4, -0.2) is 32.5 Å². The van der Waals surface area contributed by atoms with Crippen molar-refractivity contribution in [2.24, 2.45) is 0 Å². The van der Waals surface area contributed by atoms with Crippen LogP contribution in [0.2, 0.25) is 0 Å². The van der Waals surface area contributed by atoms with Crippen LogP contribution in [0.25, 0.3) is 0 Å². The fraction of sp³-hybridized carbons (Fsp3) is 0.625. The smallest absolute Gasteiger partial charge is 0.142 e. The van der Waals surface area contributed by atoms with E-state index in [-0.39, 0.29) is 11.9 Å². The number of ether oxygens (including phenoxy) is 2. The van der Waals surface area contributed by atoms with Gasteiger partial charge in [0.15, 0.2) is 0 Å². The van der Waals surface area contributed by atoms with Crippen molar-refractivity contribution in [2.45, 2.75) is 37.8 Å². The average molecular weight is 360 g/mol. The lowest BCUT2D eigenvalue weighted by molar-refractivity contribution is -0.112. The Kier molecular flexibility index (Phi) is 6.17. The van der Waals surface area contributed by atoms with E-state index in [9.17, 15) is 4.39 Å². The summed E-state index contributed by atoms with van der Waals surface area (Å²) in [7, 11) is 1.71. The molecule has 0 bridgehead atoms. The molecule has 1 aromatic carbocycles. The molecule has 1 unspecified atom stereocenters. The first-order chi connectivity index (χ1) is 10.1. The average Bonchev–Trinajstić information content (AvgIpc) is 2.52. The summed E-state index contributed by atoms with van der Waals surface area (Å²) in [6.07, 6.45) is 2.51. The zero-order chi connectivity index (χ0) is 15.3. The predicted octanol–water partition coefficient (Wildman–Crippen LogP) is 3.82. The molecule has 0 saturated carbocycles. The number of nitrogens with one attached hydrogen (secondary N) is 1. The van der Waals surface area contributed by atoms with E-state index >= 15 is 0 Å².